The van der Waals surface area contributed by atoms with E-state index in [9.17, 15) is 0 Å². The zero-order valence-corrected chi connectivity index (χ0v) is 11.3. The third kappa shape index (κ3) is 2.59. The van der Waals surface area contributed by atoms with Crippen molar-refractivity contribution in [2.75, 3.05) is 26.2 Å². The highest BCUT2D eigenvalue weighted by molar-refractivity contribution is 5.17. The molecule has 0 amide bonds. The molecule has 18 heavy (non-hydrogen) atoms. The molecule has 3 heterocycles. The summed E-state index contributed by atoms with van der Waals surface area (Å²) in [5.74, 6) is 2.05. The molecular formula is C14H24N4. The molecule has 1 saturated heterocycles. The largest absolute Gasteiger partial charge is 0.345 e. The van der Waals surface area contributed by atoms with Gasteiger partial charge in [0.25, 0.3) is 0 Å². The van der Waals surface area contributed by atoms with Crippen LogP contribution >= 0.6 is 0 Å². The Morgan fingerprint density at radius 3 is 2.89 bits per heavy atom. The van der Waals surface area contributed by atoms with Crippen molar-refractivity contribution in [3.63, 3.8) is 0 Å². The van der Waals surface area contributed by atoms with Gasteiger partial charge in [-0.1, -0.05) is 6.92 Å². The maximum atomic E-state index is 4.77. The number of nitrogens with one attached hydrogen (secondary N) is 2. The molecule has 0 spiro atoms. The highest BCUT2D eigenvalue weighted by atomic mass is 15.1. The Hall–Kier alpha value is -0.870. The topological polar surface area (TPSA) is 44.0 Å². The Morgan fingerprint density at radius 1 is 1.33 bits per heavy atom. The van der Waals surface area contributed by atoms with Gasteiger partial charge in [0.1, 0.15) is 5.82 Å². The van der Waals surface area contributed by atoms with Gasteiger partial charge in [0, 0.05) is 25.9 Å². The average Bonchev–Trinajstić information content (AvgIpc) is 2.82. The summed E-state index contributed by atoms with van der Waals surface area (Å²) in [6.07, 6.45) is 4.89. The number of hydrogen-bond donors (Lipinski definition) is 2. The van der Waals surface area contributed by atoms with Crippen LogP contribution in [-0.2, 0) is 19.4 Å². The summed E-state index contributed by atoms with van der Waals surface area (Å²) in [5, 5.41) is 3.39. The first-order chi connectivity index (χ1) is 8.85. The van der Waals surface area contributed by atoms with Gasteiger partial charge in [0.15, 0.2) is 0 Å². The number of rotatable bonds is 3. The summed E-state index contributed by atoms with van der Waals surface area (Å²) < 4.78 is 0. The van der Waals surface area contributed by atoms with Gasteiger partial charge in [-0.3, -0.25) is 0 Å². The molecule has 0 saturated carbocycles. The van der Waals surface area contributed by atoms with Crippen molar-refractivity contribution >= 4 is 0 Å². The van der Waals surface area contributed by atoms with Crippen molar-refractivity contribution in [2.24, 2.45) is 5.92 Å². The summed E-state index contributed by atoms with van der Waals surface area (Å²) in [6, 6.07) is 0. The summed E-state index contributed by atoms with van der Waals surface area (Å²) in [5.41, 5.74) is 2.62. The summed E-state index contributed by atoms with van der Waals surface area (Å²) in [4.78, 5) is 10.8. The SMILES string of the molecule is CCN1CCC(Cc2nc3c([nH]2)CNCC3)CC1. The minimum atomic E-state index is 0.827. The number of aromatic amines is 1. The molecule has 1 fully saturated rings. The Kier molecular flexibility index (Phi) is 3.66. The predicted octanol–water partition coefficient (Wildman–Crippen LogP) is 1.33. The van der Waals surface area contributed by atoms with E-state index in [0.717, 1.165) is 31.8 Å². The van der Waals surface area contributed by atoms with Crippen LogP contribution in [0, 0.1) is 5.92 Å². The van der Waals surface area contributed by atoms with Gasteiger partial charge in [-0.05, 0) is 38.4 Å². The van der Waals surface area contributed by atoms with Crippen LogP contribution in [0.15, 0.2) is 0 Å². The Bertz CT molecular complexity index is 367. The van der Waals surface area contributed by atoms with Crippen LogP contribution in [0.4, 0.5) is 0 Å². The lowest BCUT2D eigenvalue weighted by atomic mass is 9.93. The lowest BCUT2D eigenvalue weighted by Crippen LogP contribution is -2.34. The number of imidazole rings is 1. The normalized spacial score (nSPS) is 22.1. The van der Waals surface area contributed by atoms with Crippen LogP contribution < -0.4 is 5.32 Å². The van der Waals surface area contributed by atoms with Crippen LogP contribution in [0.3, 0.4) is 0 Å². The predicted molar refractivity (Wildman–Crippen MR) is 72.5 cm³/mol. The Balaban J connectivity index is 1.58. The van der Waals surface area contributed by atoms with E-state index in [1.54, 1.807) is 0 Å². The van der Waals surface area contributed by atoms with Crippen LogP contribution in [0.2, 0.25) is 0 Å². The fourth-order valence-corrected chi connectivity index (χ4v) is 3.15. The summed E-state index contributed by atoms with van der Waals surface area (Å²) >= 11 is 0. The van der Waals surface area contributed by atoms with Gasteiger partial charge in [0.2, 0.25) is 0 Å². The molecule has 4 heteroatoms. The molecule has 0 aliphatic carbocycles. The molecule has 0 atom stereocenters. The van der Waals surface area contributed by atoms with E-state index < -0.39 is 0 Å². The standard InChI is InChI=1S/C14H24N4/c1-2-18-7-4-11(5-8-18)9-14-16-12-3-6-15-10-13(12)17-14/h11,15H,2-10H2,1H3,(H,16,17). The molecule has 0 radical (unpaired) electrons. The average molecular weight is 248 g/mol. The number of piperidine rings is 1. The molecule has 1 aromatic heterocycles. The molecule has 3 rings (SSSR count). The van der Waals surface area contributed by atoms with Gasteiger partial charge < -0.3 is 15.2 Å². The molecule has 4 nitrogen and oxygen atoms in total. The van der Waals surface area contributed by atoms with Gasteiger partial charge in [-0.2, -0.15) is 0 Å². The number of nitrogens with zero attached hydrogens (tertiary/aromatic N) is 2. The molecule has 1 aromatic rings. The highest BCUT2D eigenvalue weighted by Crippen LogP contribution is 2.21. The van der Waals surface area contributed by atoms with Crippen molar-refractivity contribution < 1.29 is 0 Å². The lowest BCUT2D eigenvalue weighted by molar-refractivity contribution is 0.191. The second-order valence-electron chi connectivity index (χ2n) is 5.62. The Labute approximate surface area is 109 Å². The van der Waals surface area contributed by atoms with Gasteiger partial charge in [-0.25, -0.2) is 4.98 Å². The summed E-state index contributed by atoms with van der Waals surface area (Å²) in [7, 11) is 0. The van der Waals surface area contributed by atoms with Gasteiger partial charge >= 0.3 is 0 Å². The summed E-state index contributed by atoms with van der Waals surface area (Å²) in [6.45, 7) is 8.04. The maximum absolute atomic E-state index is 4.77. The van der Waals surface area contributed by atoms with Gasteiger partial charge in [-0.15, -0.1) is 0 Å². The van der Waals surface area contributed by atoms with Crippen molar-refractivity contribution in [1.82, 2.24) is 20.2 Å². The highest BCUT2D eigenvalue weighted by Gasteiger charge is 2.21. The van der Waals surface area contributed by atoms with Gasteiger partial charge in [0.05, 0.1) is 11.4 Å². The zero-order chi connectivity index (χ0) is 12.4. The number of fused-ring (bicyclic) bond motifs is 1. The molecular weight excluding hydrogens is 224 g/mol. The van der Waals surface area contributed by atoms with Crippen molar-refractivity contribution in [3.05, 3.63) is 17.2 Å². The molecule has 100 valence electrons. The molecule has 2 aliphatic rings. The molecule has 0 unspecified atom stereocenters. The number of hydrogen-bond acceptors (Lipinski definition) is 3. The first-order valence-electron chi connectivity index (χ1n) is 7.35. The maximum Gasteiger partial charge on any atom is 0.106 e. The molecule has 0 bridgehead atoms. The first kappa shape index (κ1) is 12.2. The monoisotopic (exact) mass is 248 g/mol. The van der Waals surface area contributed by atoms with E-state index in [0.29, 0.717) is 0 Å². The fourth-order valence-electron chi connectivity index (χ4n) is 3.15. The van der Waals surface area contributed by atoms with E-state index in [2.05, 4.69) is 22.1 Å². The molecule has 2 aliphatic heterocycles. The third-order valence-corrected chi connectivity index (χ3v) is 4.39. The van der Waals surface area contributed by atoms with Crippen LogP contribution in [0.1, 0.15) is 37.0 Å². The van der Waals surface area contributed by atoms with E-state index >= 15 is 0 Å². The second kappa shape index (κ2) is 5.41. The first-order valence-corrected chi connectivity index (χ1v) is 7.35. The second-order valence-corrected chi connectivity index (χ2v) is 5.62. The lowest BCUT2D eigenvalue weighted by Gasteiger charge is -2.30. The Morgan fingerprint density at radius 2 is 2.17 bits per heavy atom. The van der Waals surface area contributed by atoms with Crippen LogP contribution in [0.5, 0.6) is 0 Å². The van der Waals surface area contributed by atoms with E-state index in [1.165, 1.54) is 49.7 Å². The van der Waals surface area contributed by atoms with Crippen LogP contribution in [-0.4, -0.2) is 41.0 Å². The van der Waals surface area contributed by atoms with Crippen LogP contribution in [0.25, 0.3) is 0 Å². The zero-order valence-electron chi connectivity index (χ0n) is 11.3. The molecule has 0 aromatic carbocycles. The van der Waals surface area contributed by atoms with E-state index in [4.69, 9.17) is 4.98 Å². The van der Waals surface area contributed by atoms with Crippen molar-refractivity contribution in [1.29, 1.82) is 0 Å². The number of H-pyrrole nitrogens is 1. The minimum absolute atomic E-state index is 0.827. The minimum Gasteiger partial charge on any atom is -0.345 e. The smallest absolute Gasteiger partial charge is 0.106 e. The number of likely N-dealkylation sites (tertiary alicyclic amines) is 1. The van der Waals surface area contributed by atoms with Crippen molar-refractivity contribution in [2.45, 2.75) is 39.2 Å². The van der Waals surface area contributed by atoms with E-state index in [1.807, 2.05) is 0 Å². The van der Waals surface area contributed by atoms with Crippen molar-refractivity contribution in [3.8, 4) is 0 Å². The third-order valence-electron chi connectivity index (χ3n) is 4.39. The quantitative estimate of drug-likeness (QED) is 0.848. The fraction of sp³-hybridized carbons (Fsp3) is 0.786. The molecule has 2 N–H and O–H groups in total. The number of aromatic nitrogens is 2. The van der Waals surface area contributed by atoms with E-state index in [-0.39, 0.29) is 0 Å².